The van der Waals surface area contributed by atoms with E-state index in [0.29, 0.717) is 0 Å². The van der Waals surface area contributed by atoms with Gasteiger partial charge in [-0.1, -0.05) is 23.7 Å². The molecule has 1 heterocycles. The fourth-order valence-corrected chi connectivity index (χ4v) is 2.91. The predicted octanol–water partition coefficient (Wildman–Crippen LogP) is 3.55. The Balaban J connectivity index is 2.43. The third kappa shape index (κ3) is 3.64. The van der Waals surface area contributed by atoms with Crippen LogP contribution in [0.15, 0.2) is 47.5 Å². The van der Waals surface area contributed by atoms with Crippen molar-refractivity contribution < 1.29 is 21.6 Å². The Morgan fingerprint density at radius 1 is 1.14 bits per heavy atom. The van der Waals surface area contributed by atoms with Crippen molar-refractivity contribution >= 4 is 27.3 Å². The molecule has 0 unspecified atom stereocenters. The quantitative estimate of drug-likeness (QED) is 0.872. The van der Waals surface area contributed by atoms with Crippen LogP contribution < -0.4 is 4.72 Å². The van der Waals surface area contributed by atoms with Gasteiger partial charge in [-0.2, -0.15) is 13.2 Å². The van der Waals surface area contributed by atoms with Crippen LogP contribution in [0.2, 0.25) is 5.15 Å². The number of rotatable bonds is 3. The van der Waals surface area contributed by atoms with E-state index in [1.807, 2.05) is 4.72 Å². The summed E-state index contributed by atoms with van der Waals surface area (Å²) in [6.07, 6.45) is -3.53. The van der Waals surface area contributed by atoms with Crippen molar-refractivity contribution in [2.45, 2.75) is 11.1 Å². The monoisotopic (exact) mass is 336 g/mol. The molecule has 0 bridgehead atoms. The Morgan fingerprint density at radius 3 is 2.43 bits per heavy atom. The smallest absolute Gasteiger partial charge is 0.279 e. The fourth-order valence-electron chi connectivity index (χ4n) is 1.57. The minimum atomic E-state index is -4.67. The Labute approximate surface area is 123 Å². The first-order valence-electron chi connectivity index (χ1n) is 5.51. The van der Waals surface area contributed by atoms with Gasteiger partial charge in [0.25, 0.3) is 10.0 Å². The Hall–Kier alpha value is -1.80. The molecule has 112 valence electrons. The first-order valence-corrected chi connectivity index (χ1v) is 7.37. The number of anilines is 1. The summed E-state index contributed by atoms with van der Waals surface area (Å²) >= 11 is 5.57. The number of alkyl halides is 3. The molecule has 0 spiro atoms. The molecule has 0 saturated carbocycles. The molecule has 1 N–H and O–H groups in total. The lowest BCUT2D eigenvalue weighted by Gasteiger charge is -2.14. The fraction of sp³-hybridized carbons (Fsp3) is 0.0833. The van der Waals surface area contributed by atoms with Crippen LogP contribution in [0.3, 0.4) is 0 Å². The molecule has 0 atom stereocenters. The molecule has 2 aromatic rings. The summed E-state index contributed by atoms with van der Waals surface area (Å²) in [5.41, 5.74) is -1.63. The highest BCUT2D eigenvalue weighted by Gasteiger charge is 2.34. The van der Waals surface area contributed by atoms with Crippen molar-refractivity contribution in [2.24, 2.45) is 0 Å². The van der Waals surface area contributed by atoms with Crippen molar-refractivity contribution in [1.82, 2.24) is 4.98 Å². The van der Waals surface area contributed by atoms with E-state index in [9.17, 15) is 21.6 Å². The maximum absolute atomic E-state index is 12.8. The zero-order chi connectivity index (χ0) is 15.7. The average molecular weight is 337 g/mol. The molecule has 1 aromatic carbocycles. The summed E-state index contributed by atoms with van der Waals surface area (Å²) in [4.78, 5) is 3.33. The minimum absolute atomic E-state index is 0.0815. The average Bonchev–Trinajstić information content (AvgIpc) is 2.37. The van der Waals surface area contributed by atoms with Gasteiger partial charge >= 0.3 is 6.18 Å². The van der Waals surface area contributed by atoms with Gasteiger partial charge in [-0.25, -0.2) is 13.4 Å². The van der Waals surface area contributed by atoms with Crippen molar-refractivity contribution in [2.75, 3.05) is 4.72 Å². The predicted molar refractivity (Wildman–Crippen MR) is 71.5 cm³/mol. The second kappa shape index (κ2) is 5.53. The molecule has 0 aliphatic carbocycles. The van der Waals surface area contributed by atoms with Crippen molar-refractivity contribution in [1.29, 1.82) is 0 Å². The third-order valence-electron chi connectivity index (χ3n) is 2.49. The summed E-state index contributed by atoms with van der Waals surface area (Å²) < 4.78 is 64.5. The standard InChI is InChI=1S/C12H8ClF3N2O2S/c13-11-7-8(5-6-17-11)21(19,20)18-10-4-2-1-3-9(10)12(14,15)16/h1-7,18H. The Kier molecular flexibility index (Phi) is 4.11. The van der Waals surface area contributed by atoms with Crippen LogP contribution in [-0.4, -0.2) is 13.4 Å². The molecule has 0 fully saturated rings. The molecule has 0 saturated heterocycles. The van der Waals surface area contributed by atoms with Crippen LogP contribution in [0.4, 0.5) is 18.9 Å². The van der Waals surface area contributed by atoms with Gasteiger partial charge in [0.15, 0.2) is 0 Å². The summed E-state index contributed by atoms with van der Waals surface area (Å²) in [5.74, 6) is 0. The van der Waals surface area contributed by atoms with Crippen molar-refractivity contribution in [3.63, 3.8) is 0 Å². The molecule has 1 aromatic heterocycles. The number of hydrogen-bond donors (Lipinski definition) is 1. The van der Waals surface area contributed by atoms with Gasteiger partial charge in [-0.05, 0) is 24.3 Å². The van der Waals surface area contributed by atoms with Crippen molar-refractivity contribution in [3.05, 3.63) is 53.3 Å². The number of para-hydroxylation sites is 1. The molecule has 21 heavy (non-hydrogen) atoms. The number of benzene rings is 1. The van der Waals surface area contributed by atoms with E-state index < -0.39 is 27.5 Å². The summed E-state index contributed by atoms with van der Waals surface area (Å²) in [6, 6.07) is 6.46. The van der Waals surface area contributed by atoms with Crippen LogP contribution in [-0.2, 0) is 16.2 Å². The van der Waals surface area contributed by atoms with Gasteiger partial charge < -0.3 is 0 Å². The molecule has 4 nitrogen and oxygen atoms in total. The van der Waals surface area contributed by atoms with Gasteiger partial charge in [0.05, 0.1) is 16.1 Å². The number of nitrogens with one attached hydrogen (secondary N) is 1. The van der Waals surface area contributed by atoms with E-state index >= 15 is 0 Å². The SMILES string of the molecule is O=S(=O)(Nc1ccccc1C(F)(F)F)c1ccnc(Cl)c1. The number of pyridine rings is 1. The van der Waals surface area contributed by atoms with E-state index in [0.717, 1.165) is 30.5 Å². The van der Waals surface area contributed by atoms with Gasteiger partial charge in [0.1, 0.15) is 5.15 Å². The van der Waals surface area contributed by atoms with E-state index in [1.54, 1.807) is 0 Å². The molecule has 0 radical (unpaired) electrons. The maximum atomic E-state index is 12.8. The maximum Gasteiger partial charge on any atom is 0.418 e. The minimum Gasteiger partial charge on any atom is -0.279 e. The summed E-state index contributed by atoms with van der Waals surface area (Å²) in [7, 11) is -4.19. The topological polar surface area (TPSA) is 59.1 Å². The highest BCUT2D eigenvalue weighted by atomic mass is 35.5. The summed E-state index contributed by atoms with van der Waals surface area (Å²) in [5, 5.41) is -0.0815. The lowest BCUT2D eigenvalue weighted by atomic mass is 10.2. The first-order chi connectivity index (χ1) is 9.70. The molecular formula is C12H8ClF3N2O2S. The van der Waals surface area contributed by atoms with Gasteiger partial charge in [0.2, 0.25) is 0 Å². The number of sulfonamides is 1. The molecular weight excluding hydrogens is 329 g/mol. The Bertz CT molecular complexity index is 763. The molecule has 0 aliphatic heterocycles. The highest BCUT2D eigenvalue weighted by molar-refractivity contribution is 7.92. The van der Waals surface area contributed by atoms with Crippen LogP contribution in [0.1, 0.15) is 5.56 Å². The van der Waals surface area contributed by atoms with Crippen LogP contribution in [0, 0.1) is 0 Å². The lowest BCUT2D eigenvalue weighted by molar-refractivity contribution is -0.136. The largest absolute Gasteiger partial charge is 0.418 e. The molecule has 0 aliphatic rings. The Morgan fingerprint density at radius 2 is 1.81 bits per heavy atom. The zero-order valence-corrected chi connectivity index (χ0v) is 11.8. The normalized spacial score (nSPS) is 12.2. The van der Waals surface area contributed by atoms with E-state index in [1.165, 1.54) is 12.1 Å². The number of aromatic nitrogens is 1. The number of halogens is 4. The van der Waals surface area contributed by atoms with Crippen molar-refractivity contribution in [3.8, 4) is 0 Å². The molecule has 2 rings (SSSR count). The van der Waals surface area contributed by atoms with Gasteiger partial charge in [-0.15, -0.1) is 0 Å². The summed E-state index contributed by atoms with van der Waals surface area (Å²) in [6.45, 7) is 0. The van der Waals surface area contributed by atoms with Crippen LogP contribution in [0.5, 0.6) is 0 Å². The lowest BCUT2D eigenvalue weighted by Crippen LogP contribution is -2.17. The second-order valence-electron chi connectivity index (χ2n) is 3.96. The number of nitrogens with zero attached hydrogens (tertiary/aromatic N) is 1. The van der Waals surface area contributed by atoms with Gasteiger partial charge in [-0.3, -0.25) is 4.72 Å². The zero-order valence-electron chi connectivity index (χ0n) is 10.2. The molecule has 9 heteroatoms. The molecule has 0 amide bonds. The van der Waals surface area contributed by atoms with Crippen LogP contribution >= 0.6 is 11.6 Å². The van der Waals surface area contributed by atoms with Crippen LogP contribution in [0.25, 0.3) is 0 Å². The highest BCUT2D eigenvalue weighted by Crippen LogP contribution is 2.35. The number of hydrogen-bond acceptors (Lipinski definition) is 3. The first kappa shape index (κ1) is 15.6. The third-order valence-corrected chi connectivity index (χ3v) is 4.05. The van der Waals surface area contributed by atoms with E-state index in [2.05, 4.69) is 4.98 Å². The van der Waals surface area contributed by atoms with Gasteiger partial charge in [0, 0.05) is 6.20 Å². The van der Waals surface area contributed by atoms with E-state index in [4.69, 9.17) is 11.6 Å². The van der Waals surface area contributed by atoms with E-state index in [-0.39, 0.29) is 10.0 Å². The second-order valence-corrected chi connectivity index (χ2v) is 6.03.